The summed E-state index contributed by atoms with van der Waals surface area (Å²) < 4.78 is 11.9. The molecule has 0 radical (unpaired) electrons. The van der Waals surface area contributed by atoms with E-state index >= 15 is 0 Å². The zero-order chi connectivity index (χ0) is 5.86. The number of nitrogens with one attached hydrogen (secondary N) is 1. The van der Waals surface area contributed by atoms with Crippen LogP contribution < -0.4 is 5.73 Å². The Morgan fingerprint density at radius 3 is 2.43 bits per heavy atom. The highest BCUT2D eigenvalue weighted by Gasteiger charge is 2.03. The monoisotopic (exact) mass is 104 g/mol. The SMILES string of the molecule is CC[C@H](F)C(=N)N. The molecule has 0 spiro atoms. The summed E-state index contributed by atoms with van der Waals surface area (Å²) in [6.45, 7) is 1.64. The summed E-state index contributed by atoms with van der Waals surface area (Å²) in [6.07, 6.45) is -0.935. The first-order valence-electron chi connectivity index (χ1n) is 2.16. The van der Waals surface area contributed by atoms with Gasteiger partial charge >= 0.3 is 0 Å². The summed E-state index contributed by atoms with van der Waals surface area (Å²) in [7, 11) is 0. The molecule has 0 saturated carbocycles. The Hall–Kier alpha value is -0.600. The van der Waals surface area contributed by atoms with Gasteiger partial charge in [0.25, 0.3) is 0 Å². The molecule has 42 valence electrons. The molecule has 0 aliphatic carbocycles. The van der Waals surface area contributed by atoms with Crippen molar-refractivity contribution in [2.24, 2.45) is 5.73 Å². The lowest BCUT2D eigenvalue weighted by Gasteiger charge is -1.97. The summed E-state index contributed by atoms with van der Waals surface area (Å²) in [6, 6.07) is 0. The Morgan fingerprint density at radius 1 is 2.00 bits per heavy atom. The fourth-order valence-electron chi connectivity index (χ4n) is 0.220. The maximum atomic E-state index is 11.9. The van der Waals surface area contributed by atoms with Crippen molar-refractivity contribution in [3.05, 3.63) is 0 Å². The van der Waals surface area contributed by atoms with Gasteiger partial charge in [0.05, 0.1) is 0 Å². The van der Waals surface area contributed by atoms with Crippen LogP contribution in [0.3, 0.4) is 0 Å². The van der Waals surface area contributed by atoms with Crippen LogP contribution in [-0.2, 0) is 0 Å². The second kappa shape index (κ2) is 2.55. The van der Waals surface area contributed by atoms with Gasteiger partial charge in [-0.05, 0) is 6.42 Å². The minimum Gasteiger partial charge on any atom is -0.385 e. The molecule has 0 aliphatic heterocycles. The number of amidine groups is 1. The molecule has 0 fully saturated rings. The average molecular weight is 104 g/mol. The first kappa shape index (κ1) is 6.40. The number of nitrogens with two attached hydrogens (primary N) is 1. The van der Waals surface area contributed by atoms with Crippen LogP contribution in [0, 0.1) is 5.41 Å². The minimum absolute atomic E-state index is 0.301. The second-order valence-electron chi connectivity index (χ2n) is 1.33. The molecule has 2 nitrogen and oxygen atoms in total. The fraction of sp³-hybridized carbons (Fsp3) is 0.750. The summed E-state index contributed by atoms with van der Waals surface area (Å²) in [5.74, 6) is -0.373. The Labute approximate surface area is 42.0 Å². The highest BCUT2D eigenvalue weighted by Crippen LogP contribution is 1.92. The predicted octanol–water partition coefficient (Wildman–Crippen LogP) is 0.670. The van der Waals surface area contributed by atoms with Gasteiger partial charge in [-0.25, -0.2) is 4.39 Å². The molecule has 0 rings (SSSR count). The van der Waals surface area contributed by atoms with Crippen molar-refractivity contribution in [1.82, 2.24) is 0 Å². The van der Waals surface area contributed by atoms with Gasteiger partial charge in [0.2, 0.25) is 0 Å². The molecule has 0 aliphatic rings. The third-order valence-electron chi connectivity index (χ3n) is 0.696. The van der Waals surface area contributed by atoms with E-state index in [1.165, 1.54) is 0 Å². The summed E-state index contributed by atoms with van der Waals surface area (Å²) in [4.78, 5) is 0. The lowest BCUT2D eigenvalue weighted by atomic mass is 10.3. The van der Waals surface area contributed by atoms with Crippen LogP contribution >= 0.6 is 0 Å². The van der Waals surface area contributed by atoms with Gasteiger partial charge < -0.3 is 5.73 Å². The third-order valence-corrected chi connectivity index (χ3v) is 0.696. The van der Waals surface area contributed by atoms with E-state index < -0.39 is 6.17 Å². The molecule has 0 heterocycles. The van der Waals surface area contributed by atoms with Crippen LogP contribution in [0.5, 0.6) is 0 Å². The molecule has 0 unspecified atom stereocenters. The Morgan fingerprint density at radius 2 is 2.43 bits per heavy atom. The highest BCUT2D eigenvalue weighted by molar-refractivity contribution is 5.81. The largest absolute Gasteiger partial charge is 0.385 e. The maximum absolute atomic E-state index is 11.9. The Balaban J connectivity index is 3.34. The molecule has 1 atom stereocenters. The molecular formula is C4H9FN2. The number of alkyl halides is 1. The van der Waals surface area contributed by atoms with Crippen LogP contribution in [-0.4, -0.2) is 12.0 Å². The fourth-order valence-corrected chi connectivity index (χ4v) is 0.220. The van der Waals surface area contributed by atoms with Gasteiger partial charge in [-0.2, -0.15) is 0 Å². The second-order valence-corrected chi connectivity index (χ2v) is 1.33. The van der Waals surface area contributed by atoms with Gasteiger partial charge in [0.1, 0.15) is 5.84 Å². The Bertz CT molecular complexity index is 72.1. The third kappa shape index (κ3) is 2.14. The molecule has 0 bridgehead atoms. The van der Waals surface area contributed by atoms with Crippen molar-refractivity contribution in [3.63, 3.8) is 0 Å². The molecule has 7 heavy (non-hydrogen) atoms. The topological polar surface area (TPSA) is 49.9 Å². The number of hydrogen-bond donors (Lipinski definition) is 2. The van der Waals surface area contributed by atoms with Crippen molar-refractivity contribution in [1.29, 1.82) is 5.41 Å². The van der Waals surface area contributed by atoms with Gasteiger partial charge in [-0.3, -0.25) is 5.41 Å². The van der Waals surface area contributed by atoms with Gasteiger partial charge in [-0.15, -0.1) is 0 Å². The van der Waals surface area contributed by atoms with Gasteiger partial charge in [0, 0.05) is 0 Å². The first-order chi connectivity index (χ1) is 3.18. The van der Waals surface area contributed by atoms with E-state index in [1.54, 1.807) is 6.92 Å². The average Bonchev–Trinajstić information content (AvgIpc) is 1.65. The van der Waals surface area contributed by atoms with Crippen LogP contribution in [0.4, 0.5) is 4.39 Å². The van der Waals surface area contributed by atoms with E-state index in [4.69, 9.17) is 11.1 Å². The van der Waals surface area contributed by atoms with Crippen LogP contribution in [0.1, 0.15) is 13.3 Å². The zero-order valence-corrected chi connectivity index (χ0v) is 4.24. The number of hydrogen-bond acceptors (Lipinski definition) is 1. The van der Waals surface area contributed by atoms with E-state index in [9.17, 15) is 4.39 Å². The van der Waals surface area contributed by atoms with E-state index in [0.29, 0.717) is 6.42 Å². The lowest BCUT2D eigenvalue weighted by Crippen LogP contribution is -2.22. The standard InChI is InChI=1S/C4H9FN2/c1-2-3(5)4(6)7/h3H,2H2,1H3,(H3,6,7)/t3-/m0/s1. The molecule has 0 saturated heterocycles. The van der Waals surface area contributed by atoms with E-state index in [1.807, 2.05) is 0 Å². The van der Waals surface area contributed by atoms with Crippen molar-refractivity contribution in [2.45, 2.75) is 19.5 Å². The van der Waals surface area contributed by atoms with Crippen molar-refractivity contribution in [2.75, 3.05) is 0 Å². The lowest BCUT2D eigenvalue weighted by molar-refractivity contribution is 0.410. The van der Waals surface area contributed by atoms with E-state index in [2.05, 4.69) is 0 Å². The van der Waals surface area contributed by atoms with Crippen molar-refractivity contribution in [3.8, 4) is 0 Å². The minimum atomic E-state index is -1.24. The molecule has 0 aromatic rings. The summed E-state index contributed by atoms with van der Waals surface area (Å²) in [5, 5.41) is 6.50. The number of rotatable bonds is 2. The molecule has 3 N–H and O–H groups in total. The maximum Gasteiger partial charge on any atom is 0.156 e. The quantitative estimate of drug-likeness (QED) is 0.392. The molecule has 0 amide bonds. The van der Waals surface area contributed by atoms with E-state index in [-0.39, 0.29) is 5.84 Å². The summed E-state index contributed by atoms with van der Waals surface area (Å²) in [5.41, 5.74) is 4.75. The van der Waals surface area contributed by atoms with Crippen molar-refractivity contribution < 1.29 is 4.39 Å². The molecule has 0 aromatic heterocycles. The normalized spacial score (nSPS) is 13.4. The molecule has 3 heteroatoms. The van der Waals surface area contributed by atoms with E-state index in [0.717, 1.165) is 0 Å². The van der Waals surface area contributed by atoms with Gasteiger partial charge in [0.15, 0.2) is 6.17 Å². The van der Waals surface area contributed by atoms with Crippen molar-refractivity contribution >= 4 is 5.84 Å². The van der Waals surface area contributed by atoms with Crippen LogP contribution in [0.25, 0.3) is 0 Å². The first-order valence-corrected chi connectivity index (χ1v) is 2.16. The smallest absolute Gasteiger partial charge is 0.156 e. The zero-order valence-electron chi connectivity index (χ0n) is 4.24. The Kier molecular flexibility index (Phi) is 2.33. The van der Waals surface area contributed by atoms with Gasteiger partial charge in [-0.1, -0.05) is 6.92 Å². The highest BCUT2D eigenvalue weighted by atomic mass is 19.1. The number of halogens is 1. The molecule has 0 aromatic carbocycles. The van der Waals surface area contributed by atoms with Crippen LogP contribution in [0.2, 0.25) is 0 Å². The molecular weight excluding hydrogens is 95.1 g/mol. The van der Waals surface area contributed by atoms with Crippen LogP contribution in [0.15, 0.2) is 0 Å². The summed E-state index contributed by atoms with van der Waals surface area (Å²) >= 11 is 0. The predicted molar refractivity (Wildman–Crippen MR) is 27.1 cm³/mol.